The fourth-order valence-corrected chi connectivity index (χ4v) is 2.68. The first-order chi connectivity index (χ1) is 11.7. The lowest BCUT2D eigenvalue weighted by Crippen LogP contribution is -2.38. The predicted molar refractivity (Wildman–Crippen MR) is 96.9 cm³/mol. The number of halogens is 3. The van der Waals surface area contributed by atoms with Crippen molar-refractivity contribution in [3.05, 3.63) is 16.1 Å². The first kappa shape index (κ1) is 21.7. The van der Waals surface area contributed by atoms with E-state index in [-0.39, 0.29) is 6.54 Å². The van der Waals surface area contributed by atoms with Gasteiger partial charge >= 0.3 is 6.18 Å². The highest BCUT2D eigenvalue weighted by Crippen LogP contribution is 2.30. The second-order valence-electron chi connectivity index (χ2n) is 6.03. The number of rotatable bonds is 9. The maximum Gasteiger partial charge on any atom is 0.434 e. The van der Waals surface area contributed by atoms with Crippen LogP contribution in [0.4, 0.5) is 13.2 Å². The summed E-state index contributed by atoms with van der Waals surface area (Å²) in [5, 5.41) is 7.67. The number of alkyl halides is 3. The van der Waals surface area contributed by atoms with Crippen LogP contribution in [0.2, 0.25) is 0 Å². The van der Waals surface area contributed by atoms with Crippen LogP contribution in [0.3, 0.4) is 0 Å². The summed E-state index contributed by atoms with van der Waals surface area (Å²) in [5.41, 5.74) is -0.852. The van der Waals surface area contributed by atoms with Crippen molar-refractivity contribution in [2.24, 2.45) is 4.99 Å². The highest BCUT2D eigenvalue weighted by molar-refractivity contribution is 7.09. The molecule has 1 aromatic rings. The molecule has 0 saturated heterocycles. The highest BCUT2D eigenvalue weighted by Gasteiger charge is 2.33. The van der Waals surface area contributed by atoms with Gasteiger partial charge in [0.25, 0.3) is 0 Å². The molecule has 0 fully saturated rings. The summed E-state index contributed by atoms with van der Waals surface area (Å²) in [6.45, 7) is 8.89. The van der Waals surface area contributed by atoms with Crippen LogP contribution >= 0.6 is 11.3 Å². The van der Waals surface area contributed by atoms with E-state index in [1.165, 1.54) is 0 Å². The van der Waals surface area contributed by atoms with Crippen LogP contribution in [0.15, 0.2) is 10.4 Å². The maximum absolute atomic E-state index is 12.5. The molecule has 1 aromatic heterocycles. The lowest BCUT2D eigenvalue weighted by Gasteiger charge is -2.20. The summed E-state index contributed by atoms with van der Waals surface area (Å²) in [6, 6.07) is 0.534. The summed E-state index contributed by atoms with van der Waals surface area (Å²) in [6.07, 6.45) is -2.33. The molecule has 1 heterocycles. The van der Waals surface area contributed by atoms with Crippen molar-refractivity contribution in [3.8, 4) is 0 Å². The van der Waals surface area contributed by atoms with Gasteiger partial charge in [-0.25, -0.2) is 9.98 Å². The quantitative estimate of drug-likeness (QED) is 0.393. The summed E-state index contributed by atoms with van der Waals surface area (Å²) >= 11 is 0.975. The summed E-state index contributed by atoms with van der Waals surface area (Å²) in [7, 11) is 2.10. The Bertz CT molecular complexity index is 528. The fraction of sp³-hybridized carbons (Fsp3) is 0.750. The van der Waals surface area contributed by atoms with Gasteiger partial charge in [0.1, 0.15) is 5.01 Å². The van der Waals surface area contributed by atoms with Crippen molar-refractivity contribution in [3.63, 3.8) is 0 Å². The maximum atomic E-state index is 12.5. The van der Waals surface area contributed by atoms with Gasteiger partial charge in [-0.05, 0) is 47.2 Å². The lowest BCUT2D eigenvalue weighted by molar-refractivity contribution is -0.140. The fourth-order valence-electron chi connectivity index (χ4n) is 1.95. The molecule has 0 saturated carbocycles. The second-order valence-corrected chi connectivity index (χ2v) is 6.97. The van der Waals surface area contributed by atoms with E-state index < -0.39 is 11.9 Å². The van der Waals surface area contributed by atoms with Gasteiger partial charge in [-0.3, -0.25) is 0 Å². The van der Waals surface area contributed by atoms with E-state index in [9.17, 15) is 13.2 Å². The molecule has 5 nitrogen and oxygen atoms in total. The minimum Gasteiger partial charge on any atom is -0.357 e. The second kappa shape index (κ2) is 10.6. The number of aliphatic imine (C=N–C) groups is 1. The molecule has 1 rings (SSSR count). The molecule has 0 bridgehead atoms. The third-order valence-electron chi connectivity index (χ3n) is 3.67. The minimum absolute atomic E-state index is 0.131. The molecule has 9 heteroatoms. The third-order valence-corrected chi connectivity index (χ3v) is 4.50. The average Bonchev–Trinajstić information content (AvgIpc) is 3.01. The highest BCUT2D eigenvalue weighted by atomic mass is 32.1. The van der Waals surface area contributed by atoms with E-state index in [2.05, 4.69) is 46.4 Å². The zero-order valence-corrected chi connectivity index (χ0v) is 16.1. The Labute approximate surface area is 151 Å². The molecular formula is C16H28F3N5S. The van der Waals surface area contributed by atoms with Crippen molar-refractivity contribution in [1.82, 2.24) is 20.5 Å². The number of hydrogen-bond acceptors (Lipinski definition) is 4. The number of unbranched alkanes of at least 4 members (excludes halogenated alkanes) is 1. The molecular weight excluding hydrogens is 351 g/mol. The van der Waals surface area contributed by atoms with Gasteiger partial charge < -0.3 is 15.5 Å². The normalized spacial score (nSPS) is 12.9. The molecule has 0 atom stereocenters. The van der Waals surface area contributed by atoms with Gasteiger partial charge in [0, 0.05) is 24.5 Å². The Balaban J connectivity index is 2.42. The van der Waals surface area contributed by atoms with E-state index >= 15 is 0 Å². The molecule has 0 spiro atoms. The molecule has 144 valence electrons. The summed E-state index contributed by atoms with van der Waals surface area (Å²) in [4.78, 5) is 10.2. The van der Waals surface area contributed by atoms with E-state index in [1.807, 2.05) is 6.92 Å². The Morgan fingerprint density at radius 2 is 2.04 bits per heavy atom. The lowest BCUT2D eigenvalue weighted by atomic mass is 10.2. The van der Waals surface area contributed by atoms with Gasteiger partial charge in [-0.2, -0.15) is 13.2 Å². The molecule has 0 radical (unpaired) electrons. The van der Waals surface area contributed by atoms with E-state index in [4.69, 9.17) is 0 Å². The van der Waals surface area contributed by atoms with Crippen LogP contribution in [0.25, 0.3) is 0 Å². The number of hydrogen-bond donors (Lipinski definition) is 2. The molecule has 0 aliphatic carbocycles. The van der Waals surface area contributed by atoms with Gasteiger partial charge in [0.2, 0.25) is 0 Å². The monoisotopic (exact) mass is 379 g/mol. The Kier molecular flexibility index (Phi) is 9.20. The van der Waals surface area contributed by atoms with Crippen LogP contribution in [0.5, 0.6) is 0 Å². The standard InChI is InChI=1S/C16H28F3N5S/c1-5-20-15(21-8-6-7-9-24(4)12(2)3)22-10-14-23-13(11-25-14)16(17,18)19/h11-12H,5-10H2,1-4H3,(H2,20,21,22). The van der Waals surface area contributed by atoms with Gasteiger partial charge in [0.05, 0.1) is 6.54 Å². The van der Waals surface area contributed by atoms with E-state index in [0.717, 1.165) is 42.6 Å². The van der Waals surface area contributed by atoms with Crippen LogP contribution in [0.1, 0.15) is 44.3 Å². The summed E-state index contributed by atoms with van der Waals surface area (Å²) < 4.78 is 37.6. The van der Waals surface area contributed by atoms with Crippen LogP contribution in [0, 0.1) is 0 Å². The van der Waals surface area contributed by atoms with Gasteiger partial charge in [-0.15, -0.1) is 11.3 Å². The van der Waals surface area contributed by atoms with Crippen molar-refractivity contribution < 1.29 is 13.2 Å². The van der Waals surface area contributed by atoms with Gasteiger partial charge in [-0.1, -0.05) is 0 Å². The molecule has 25 heavy (non-hydrogen) atoms. The first-order valence-corrected chi connectivity index (χ1v) is 9.36. The van der Waals surface area contributed by atoms with Crippen molar-refractivity contribution >= 4 is 17.3 Å². The number of nitrogens with zero attached hydrogens (tertiary/aromatic N) is 3. The van der Waals surface area contributed by atoms with Crippen LogP contribution < -0.4 is 10.6 Å². The van der Waals surface area contributed by atoms with E-state index in [1.54, 1.807) is 0 Å². The number of guanidine groups is 1. The molecule has 0 aliphatic rings. The number of nitrogens with one attached hydrogen (secondary N) is 2. The largest absolute Gasteiger partial charge is 0.434 e. The Morgan fingerprint density at radius 3 is 2.60 bits per heavy atom. The number of thiazole rings is 1. The summed E-state index contributed by atoms with van der Waals surface area (Å²) in [5.74, 6) is 0.600. The van der Waals surface area contributed by atoms with Crippen LogP contribution in [-0.4, -0.2) is 48.6 Å². The zero-order valence-electron chi connectivity index (χ0n) is 15.3. The molecule has 0 aromatic carbocycles. The molecule has 0 amide bonds. The molecule has 0 unspecified atom stereocenters. The van der Waals surface area contributed by atoms with Crippen molar-refractivity contribution in [1.29, 1.82) is 0 Å². The third kappa shape index (κ3) is 8.53. The van der Waals surface area contributed by atoms with Gasteiger partial charge in [0.15, 0.2) is 11.7 Å². The zero-order chi connectivity index (χ0) is 18.9. The Hall–Kier alpha value is -1.35. The average molecular weight is 379 g/mol. The van der Waals surface area contributed by atoms with Crippen LogP contribution in [-0.2, 0) is 12.7 Å². The molecule has 2 N–H and O–H groups in total. The first-order valence-electron chi connectivity index (χ1n) is 8.48. The smallest absolute Gasteiger partial charge is 0.357 e. The van der Waals surface area contributed by atoms with Crippen molar-refractivity contribution in [2.45, 2.75) is 52.4 Å². The number of aromatic nitrogens is 1. The SMILES string of the molecule is CCNC(=NCc1nc(C(F)(F)F)cs1)NCCCCN(C)C(C)C. The van der Waals surface area contributed by atoms with Crippen molar-refractivity contribution in [2.75, 3.05) is 26.7 Å². The van der Waals surface area contributed by atoms with E-state index in [0.29, 0.717) is 23.6 Å². The minimum atomic E-state index is -4.40. The Morgan fingerprint density at radius 1 is 1.32 bits per heavy atom. The predicted octanol–water partition coefficient (Wildman–Crippen LogP) is 3.34. The topological polar surface area (TPSA) is 52.6 Å². The molecule has 0 aliphatic heterocycles.